The quantitative estimate of drug-likeness (QED) is 0.746. The van der Waals surface area contributed by atoms with Crippen molar-refractivity contribution in [3.8, 4) is 0 Å². The van der Waals surface area contributed by atoms with Gasteiger partial charge in [0.25, 0.3) is 0 Å². The smallest absolute Gasteiger partial charge is 0.407 e. The van der Waals surface area contributed by atoms with E-state index in [2.05, 4.69) is 10.6 Å². The minimum absolute atomic E-state index is 0.304. The highest BCUT2D eigenvalue weighted by molar-refractivity contribution is 5.67. The van der Waals surface area contributed by atoms with Crippen LogP contribution >= 0.6 is 0 Å². The van der Waals surface area contributed by atoms with Gasteiger partial charge in [-0.15, -0.1) is 0 Å². The van der Waals surface area contributed by atoms with E-state index >= 15 is 0 Å². The molecule has 0 spiro atoms. The van der Waals surface area contributed by atoms with E-state index in [0.717, 1.165) is 12.8 Å². The lowest BCUT2D eigenvalue weighted by Gasteiger charge is -2.32. The van der Waals surface area contributed by atoms with Crippen LogP contribution in [0.1, 0.15) is 65.7 Å². The van der Waals surface area contributed by atoms with Crippen molar-refractivity contribution in [1.29, 1.82) is 0 Å². The fraction of sp³-hybridized carbons (Fsp3) is 0.941. The molecular formula is C17H33N3O2. The highest BCUT2D eigenvalue weighted by Gasteiger charge is 2.30. The van der Waals surface area contributed by atoms with Crippen LogP contribution < -0.4 is 16.4 Å². The molecule has 5 nitrogen and oxygen atoms in total. The highest BCUT2D eigenvalue weighted by Crippen LogP contribution is 2.27. The average molecular weight is 311 g/mol. The molecule has 0 saturated heterocycles. The zero-order valence-electron chi connectivity index (χ0n) is 14.4. The molecule has 2 rings (SSSR count). The largest absolute Gasteiger partial charge is 0.444 e. The Kier molecular flexibility index (Phi) is 6.09. The fourth-order valence-electron chi connectivity index (χ4n) is 3.62. The second kappa shape index (κ2) is 7.64. The van der Waals surface area contributed by atoms with Crippen molar-refractivity contribution in [3.63, 3.8) is 0 Å². The number of alkyl carbamates (subject to hydrolysis) is 1. The van der Waals surface area contributed by atoms with Crippen LogP contribution in [0.2, 0.25) is 0 Å². The number of nitrogens with one attached hydrogen (secondary N) is 2. The third kappa shape index (κ3) is 5.76. The first-order valence-corrected chi connectivity index (χ1v) is 8.82. The number of carbonyl (C=O) groups is 1. The second-order valence-electron chi connectivity index (χ2n) is 7.96. The first-order chi connectivity index (χ1) is 10.3. The third-order valence-electron chi connectivity index (χ3n) is 4.79. The number of hydrogen-bond acceptors (Lipinski definition) is 4. The lowest BCUT2D eigenvalue weighted by atomic mass is 9.90. The molecule has 22 heavy (non-hydrogen) atoms. The highest BCUT2D eigenvalue weighted by atomic mass is 16.6. The summed E-state index contributed by atoms with van der Waals surface area (Å²) in [5, 5.41) is 6.75. The van der Waals surface area contributed by atoms with Gasteiger partial charge >= 0.3 is 6.09 Å². The van der Waals surface area contributed by atoms with Gasteiger partial charge in [-0.2, -0.15) is 0 Å². The van der Waals surface area contributed by atoms with Crippen LogP contribution in [0.3, 0.4) is 0 Å². The molecule has 2 unspecified atom stereocenters. The van der Waals surface area contributed by atoms with E-state index in [1.54, 1.807) is 0 Å². The number of nitrogens with two attached hydrogens (primary N) is 1. The lowest BCUT2D eigenvalue weighted by Crippen LogP contribution is -2.46. The number of ether oxygens (including phenoxy) is 1. The van der Waals surface area contributed by atoms with Gasteiger partial charge in [0, 0.05) is 24.7 Å². The van der Waals surface area contributed by atoms with Crippen LogP contribution in [-0.4, -0.2) is 36.4 Å². The summed E-state index contributed by atoms with van der Waals surface area (Å²) in [5.74, 6) is 0.517. The monoisotopic (exact) mass is 311 g/mol. The summed E-state index contributed by atoms with van der Waals surface area (Å²) in [5.41, 5.74) is 5.54. The van der Waals surface area contributed by atoms with E-state index in [0.29, 0.717) is 30.6 Å². The third-order valence-corrected chi connectivity index (χ3v) is 4.79. The van der Waals surface area contributed by atoms with Crippen LogP contribution in [-0.2, 0) is 4.74 Å². The number of amides is 1. The first kappa shape index (κ1) is 17.5. The molecule has 2 atom stereocenters. The standard InChI is InChI=1S/C17H33N3O2/c1-17(2,3)22-16(21)19-11-12-5-4-6-15(12)20-14-9-7-13(18)8-10-14/h12-15,20H,4-11,18H2,1-3H3,(H,19,21). The Labute approximate surface area is 134 Å². The Hall–Kier alpha value is -0.810. The normalized spacial score (nSPS) is 32.7. The summed E-state index contributed by atoms with van der Waals surface area (Å²) in [6.07, 6.45) is 7.96. The van der Waals surface area contributed by atoms with E-state index in [4.69, 9.17) is 10.5 Å². The van der Waals surface area contributed by atoms with Gasteiger partial charge < -0.3 is 21.1 Å². The van der Waals surface area contributed by atoms with Gasteiger partial charge in [-0.3, -0.25) is 0 Å². The summed E-state index contributed by atoms with van der Waals surface area (Å²) in [7, 11) is 0. The molecule has 0 aromatic carbocycles. The molecule has 0 bridgehead atoms. The molecule has 4 N–H and O–H groups in total. The second-order valence-corrected chi connectivity index (χ2v) is 7.96. The topological polar surface area (TPSA) is 76.4 Å². The fourth-order valence-corrected chi connectivity index (χ4v) is 3.62. The molecule has 2 fully saturated rings. The van der Waals surface area contributed by atoms with Gasteiger partial charge in [-0.25, -0.2) is 4.79 Å². The molecule has 0 heterocycles. The number of hydrogen-bond donors (Lipinski definition) is 3. The number of rotatable bonds is 4. The molecule has 0 aromatic heterocycles. The van der Waals surface area contributed by atoms with Crippen LogP contribution in [0.25, 0.3) is 0 Å². The van der Waals surface area contributed by atoms with E-state index < -0.39 is 5.60 Å². The molecule has 2 saturated carbocycles. The SMILES string of the molecule is CC(C)(C)OC(=O)NCC1CCCC1NC1CCC(N)CC1. The van der Waals surface area contributed by atoms with Crippen LogP contribution in [0.4, 0.5) is 4.79 Å². The van der Waals surface area contributed by atoms with Crippen molar-refractivity contribution in [2.75, 3.05) is 6.54 Å². The molecular weight excluding hydrogens is 278 g/mol. The summed E-state index contributed by atoms with van der Waals surface area (Å²) in [6.45, 7) is 6.37. The van der Waals surface area contributed by atoms with E-state index in [1.807, 2.05) is 20.8 Å². The van der Waals surface area contributed by atoms with E-state index in [1.165, 1.54) is 32.1 Å². The predicted octanol–water partition coefficient (Wildman–Crippen LogP) is 2.54. The Morgan fingerprint density at radius 3 is 2.45 bits per heavy atom. The average Bonchev–Trinajstić information content (AvgIpc) is 2.84. The van der Waals surface area contributed by atoms with E-state index in [9.17, 15) is 4.79 Å². The zero-order valence-corrected chi connectivity index (χ0v) is 14.4. The van der Waals surface area contributed by atoms with Crippen LogP contribution in [0, 0.1) is 5.92 Å². The van der Waals surface area contributed by atoms with Crippen molar-refractivity contribution in [2.45, 2.75) is 89.4 Å². The van der Waals surface area contributed by atoms with Crippen molar-refractivity contribution >= 4 is 6.09 Å². The van der Waals surface area contributed by atoms with Gasteiger partial charge in [0.05, 0.1) is 0 Å². The van der Waals surface area contributed by atoms with Crippen LogP contribution in [0.15, 0.2) is 0 Å². The van der Waals surface area contributed by atoms with Gasteiger partial charge in [0.15, 0.2) is 0 Å². The Balaban J connectivity index is 1.72. The van der Waals surface area contributed by atoms with Crippen LogP contribution in [0.5, 0.6) is 0 Å². The van der Waals surface area contributed by atoms with Gasteiger partial charge in [-0.1, -0.05) is 6.42 Å². The van der Waals surface area contributed by atoms with Gasteiger partial charge in [0.1, 0.15) is 5.60 Å². The Morgan fingerprint density at radius 2 is 1.82 bits per heavy atom. The van der Waals surface area contributed by atoms with Gasteiger partial charge in [0.2, 0.25) is 0 Å². The maximum atomic E-state index is 11.8. The minimum Gasteiger partial charge on any atom is -0.444 e. The predicted molar refractivity (Wildman–Crippen MR) is 88.7 cm³/mol. The minimum atomic E-state index is -0.432. The molecule has 0 radical (unpaired) electrons. The molecule has 2 aliphatic rings. The van der Waals surface area contributed by atoms with Crippen molar-refractivity contribution in [3.05, 3.63) is 0 Å². The summed E-state index contributed by atoms with van der Waals surface area (Å²) < 4.78 is 5.31. The number of carbonyl (C=O) groups excluding carboxylic acids is 1. The van der Waals surface area contributed by atoms with Crippen molar-refractivity contribution in [1.82, 2.24) is 10.6 Å². The maximum Gasteiger partial charge on any atom is 0.407 e. The zero-order chi connectivity index (χ0) is 16.2. The molecule has 0 aliphatic heterocycles. The summed E-state index contributed by atoms with van der Waals surface area (Å²) >= 11 is 0. The molecule has 128 valence electrons. The molecule has 2 aliphatic carbocycles. The first-order valence-electron chi connectivity index (χ1n) is 8.82. The van der Waals surface area contributed by atoms with Crippen molar-refractivity contribution < 1.29 is 9.53 Å². The van der Waals surface area contributed by atoms with E-state index in [-0.39, 0.29) is 6.09 Å². The lowest BCUT2D eigenvalue weighted by molar-refractivity contribution is 0.0517. The summed E-state index contributed by atoms with van der Waals surface area (Å²) in [6, 6.07) is 1.52. The Morgan fingerprint density at radius 1 is 1.14 bits per heavy atom. The maximum absolute atomic E-state index is 11.8. The summed E-state index contributed by atoms with van der Waals surface area (Å²) in [4.78, 5) is 11.8. The molecule has 0 aromatic rings. The van der Waals surface area contributed by atoms with Crippen molar-refractivity contribution in [2.24, 2.45) is 11.7 Å². The van der Waals surface area contributed by atoms with Gasteiger partial charge in [-0.05, 0) is 65.2 Å². The molecule has 1 amide bonds. The Bertz CT molecular complexity index is 359. The molecule has 5 heteroatoms.